The van der Waals surface area contributed by atoms with E-state index in [-0.39, 0.29) is 9.34 Å². The van der Waals surface area contributed by atoms with E-state index < -0.39 is 13.6 Å². The molecule has 25 heavy (non-hydrogen) atoms. The first kappa shape index (κ1) is 19.9. The van der Waals surface area contributed by atoms with Crippen LogP contribution in [0.3, 0.4) is 0 Å². The van der Waals surface area contributed by atoms with E-state index in [1.807, 2.05) is 6.07 Å². The molecule has 3 rings (SSSR count). The number of benzene rings is 1. The van der Waals surface area contributed by atoms with Gasteiger partial charge in [-0.2, -0.15) is 0 Å². The fourth-order valence-electron chi connectivity index (χ4n) is 5.02. The minimum absolute atomic E-state index is 0.118. The Morgan fingerprint density at radius 3 is 2.00 bits per heavy atom. The van der Waals surface area contributed by atoms with Gasteiger partial charge in [0.05, 0.1) is 0 Å². The maximum absolute atomic E-state index is 12.7. The summed E-state index contributed by atoms with van der Waals surface area (Å²) in [6.07, 6.45) is 4.72. The normalized spacial score (nSPS) is 22.3. The van der Waals surface area contributed by atoms with Crippen LogP contribution in [0.1, 0.15) is 51.4 Å². The molecule has 0 aliphatic heterocycles. The van der Waals surface area contributed by atoms with Crippen molar-refractivity contribution in [3.8, 4) is 5.75 Å². The van der Waals surface area contributed by atoms with Gasteiger partial charge in [0.1, 0.15) is 0 Å². The van der Waals surface area contributed by atoms with Crippen LogP contribution in [-0.2, 0) is 19.2 Å². The van der Waals surface area contributed by atoms with E-state index in [1.165, 1.54) is 31.7 Å². The number of hydrogen-bond donors (Lipinski definition) is 0. The number of alkyl halides is 4. The zero-order valence-corrected chi connectivity index (χ0v) is 17.2. The third-order valence-corrected chi connectivity index (χ3v) is 15.1. The summed E-state index contributed by atoms with van der Waals surface area (Å²) in [5, 5.41) is 1.03. The number of halogens is 4. The van der Waals surface area contributed by atoms with Crippen LogP contribution in [0.15, 0.2) is 24.3 Å². The van der Waals surface area contributed by atoms with Crippen molar-refractivity contribution in [2.75, 3.05) is 0 Å². The second-order valence-corrected chi connectivity index (χ2v) is 14.9. The molecule has 0 amide bonds. The molecule has 145 valence electrons. The van der Waals surface area contributed by atoms with Crippen molar-refractivity contribution in [1.82, 2.24) is 0 Å². The summed E-state index contributed by atoms with van der Waals surface area (Å²) in [5.41, 5.74) is 1.07. The molecule has 0 N–H and O–H groups in total. The molecule has 2 fully saturated rings. The monoisotopic (exact) mass is 485 g/mol. The zero-order chi connectivity index (χ0) is 18.1. The first-order valence-electron chi connectivity index (χ1n) is 8.95. The van der Waals surface area contributed by atoms with Gasteiger partial charge in [-0.05, 0) is 0 Å². The molecule has 1 nitrogen and oxygen atoms in total. The van der Waals surface area contributed by atoms with Gasteiger partial charge in [-0.25, -0.2) is 0 Å². The van der Waals surface area contributed by atoms with Crippen molar-refractivity contribution in [1.29, 1.82) is 0 Å². The topological polar surface area (TPSA) is 9.23 Å². The first-order valence-corrected chi connectivity index (χ1v) is 12.5. The summed E-state index contributed by atoms with van der Waals surface area (Å²) in [6, 6.07) is 6.70. The summed E-state index contributed by atoms with van der Waals surface area (Å²) >= 11 is 10.2. The summed E-state index contributed by atoms with van der Waals surface area (Å²) in [6.45, 7) is 0. The predicted octanol–water partition coefficient (Wildman–Crippen LogP) is 5.91. The molecule has 2 saturated carbocycles. The SMILES string of the molecule is FC(F)(F)Oc1cccc([PH]([CH](Cl)[Pd])(C2CCCC2)C2CCCC2)c1. The fraction of sp³-hybridized carbons (Fsp3) is 0.667. The van der Waals surface area contributed by atoms with E-state index in [4.69, 9.17) is 11.6 Å². The molecule has 0 spiro atoms. The van der Waals surface area contributed by atoms with Crippen molar-refractivity contribution >= 4 is 24.2 Å². The van der Waals surface area contributed by atoms with Crippen LogP contribution in [0.5, 0.6) is 5.75 Å². The van der Waals surface area contributed by atoms with Crippen molar-refractivity contribution in [2.45, 2.75) is 72.6 Å². The van der Waals surface area contributed by atoms with E-state index in [2.05, 4.69) is 23.9 Å². The Morgan fingerprint density at radius 2 is 1.56 bits per heavy atom. The van der Waals surface area contributed by atoms with E-state index >= 15 is 0 Å². The van der Waals surface area contributed by atoms with Gasteiger partial charge in [0.25, 0.3) is 0 Å². The Hall–Kier alpha value is 0.192. The van der Waals surface area contributed by atoms with E-state index in [0.717, 1.165) is 31.0 Å². The molecule has 0 aromatic heterocycles. The Balaban J connectivity index is 2.05. The molecule has 0 bridgehead atoms. The summed E-state index contributed by atoms with van der Waals surface area (Å²) in [7, 11) is -2.24. The van der Waals surface area contributed by atoms with Gasteiger partial charge in [0.2, 0.25) is 0 Å². The van der Waals surface area contributed by atoms with Gasteiger partial charge < -0.3 is 0 Å². The van der Waals surface area contributed by atoms with Gasteiger partial charge in [-0.15, -0.1) is 0 Å². The first-order chi connectivity index (χ1) is 11.8. The average Bonchev–Trinajstić information content (AvgIpc) is 3.20. The van der Waals surface area contributed by atoms with E-state index in [9.17, 15) is 13.2 Å². The number of hydrogen-bond acceptors (Lipinski definition) is 1. The van der Waals surface area contributed by atoms with Crippen LogP contribution in [0.4, 0.5) is 13.2 Å². The molecule has 0 heterocycles. The molecule has 0 saturated heterocycles. The Kier molecular flexibility index (Phi) is 6.42. The second-order valence-electron chi connectivity index (χ2n) is 7.24. The van der Waals surface area contributed by atoms with Crippen LogP contribution in [-0.4, -0.2) is 21.3 Å². The Labute approximate surface area is 163 Å². The third-order valence-electron chi connectivity index (χ3n) is 5.96. The van der Waals surface area contributed by atoms with Crippen LogP contribution in [0, 0.1) is 0 Å². The fourth-order valence-corrected chi connectivity index (χ4v) is 15.4. The van der Waals surface area contributed by atoms with Gasteiger partial charge in [0, 0.05) is 0 Å². The van der Waals surface area contributed by atoms with Crippen molar-refractivity contribution < 1.29 is 37.1 Å². The van der Waals surface area contributed by atoms with Crippen LogP contribution in [0.25, 0.3) is 0 Å². The van der Waals surface area contributed by atoms with Gasteiger partial charge in [-0.3, -0.25) is 0 Å². The van der Waals surface area contributed by atoms with Gasteiger partial charge >= 0.3 is 164 Å². The summed E-state index contributed by atoms with van der Waals surface area (Å²) < 4.78 is 42.1. The molecule has 7 heteroatoms. The molecule has 1 aromatic rings. The molecule has 1 atom stereocenters. The minimum atomic E-state index is -4.67. The zero-order valence-electron chi connectivity index (χ0n) is 13.9. The molecule has 1 unspecified atom stereocenters. The summed E-state index contributed by atoms with van der Waals surface area (Å²) in [5.74, 6) is -0.118. The predicted molar refractivity (Wildman–Crippen MR) is 95.2 cm³/mol. The standard InChI is InChI=1S/C18H24ClF3OP.Pd/c19-13-24(15-7-1-2-8-15,16-9-3-4-10-16)17-11-5-6-14(12-17)23-18(20,21)22;/h5-6,11-13,15-16,24H,1-4,7-10H2;. The van der Waals surface area contributed by atoms with Crippen molar-refractivity contribution in [2.24, 2.45) is 0 Å². The third kappa shape index (κ3) is 4.21. The van der Waals surface area contributed by atoms with E-state index in [1.54, 1.807) is 12.1 Å². The van der Waals surface area contributed by atoms with Crippen molar-refractivity contribution in [3.05, 3.63) is 24.3 Å². The second kappa shape index (κ2) is 8.06. The molecular weight excluding hydrogens is 462 g/mol. The molecule has 2 aliphatic rings. The van der Waals surface area contributed by atoms with Gasteiger partial charge in [-0.1, -0.05) is 0 Å². The van der Waals surface area contributed by atoms with Crippen molar-refractivity contribution in [3.63, 3.8) is 0 Å². The molecule has 1 aromatic carbocycles. The molecular formula is C18H24ClF3OPPd. The van der Waals surface area contributed by atoms with E-state index in [0.29, 0.717) is 11.3 Å². The Bertz CT molecular complexity index is 568. The number of rotatable bonds is 5. The quantitative estimate of drug-likeness (QED) is 0.286. The molecule has 2 aliphatic carbocycles. The average molecular weight is 486 g/mol. The molecule has 0 radical (unpaired) electrons. The number of ether oxygens (including phenoxy) is 1. The van der Waals surface area contributed by atoms with Crippen LogP contribution >= 0.6 is 18.9 Å². The maximum atomic E-state index is 12.7. The van der Waals surface area contributed by atoms with Crippen LogP contribution < -0.4 is 10.0 Å². The van der Waals surface area contributed by atoms with Gasteiger partial charge in [0.15, 0.2) is 0 Å². The Morgan fingerprint density at radius 1 is 1.04 bits per heavy atom. The summed E-state index contributed by atoms with van der Waals surface area (Å²) in [4.78, 5) is 0. The van der Waals surface area contributed by atoms with Crippen LogP contribution in [0.2, 0.25) is 0 Å².